The molecule has 2 aliphatic rings. The second kappa shape index (κ2) is 6.21. The van der Waals surface area contributed by atoms with Gasteiger partial charge < -0.3 is 10.2 Å². The second-order valence-electron chi connectivity index (χ2n) is 5.68. The standard InChI is InChI=1S/C14H24N2O2/c1-11(17)10-13-8-3-2-4-9-16(13)14(18)15-12-6-5-7-12/h12-13H,2-10H2,1H3,(H,15,18). The van der Waals surface area contributed by atoms with Crippen LogP contribution in [-0.4, -0.2) is 35.3 Å². The molecule has 0 bridgehead atoms. The number of rotatable bonds is 3. The molecule has 102 valence electrons. The summed E-state index contributed by atoms with van der Waals surface area (Å²) in [4.78, 5) is 25.5. The van der Waals surface area contributed by atoms with Crippen molar-refractivity contribution in [3.63, 3.8) is 0 Å². The number of hydrogen-bond acceptors (Lipinski definition) is 2. The third-order valence-electron chi connectivity index (χ3n) is 4.09. The molecule has 0 aromatic carbocycles. The van der Waals surface area contributed by atoms with E-state index in [4.69, 9.17) is 0 Å². The lowest BCUT2D eigenvalue weighted by Crippen LogP contribution is -2.51. The van der Waals surface area contributed by atoms with Gasteiger partial charge in [-0.3, -0.25) is 4.79 Å². The molecule has 0 aromatic heterocycles. The van der Waals surface area contributed by atoms with E-state index in [1.807, 2.05) is 4.90 Å². The molecule has 2 amide bonds. The van der Waals surface area contributed by atoms with Gasteiger partial charge >= 0.3 is 6.03 Å². The summed E-state index contributed by atoms with van der Waals surface area (Å²) in [7, 11) is 0. The van der Waals surface area contributed by atoms with E-state index in [-0.39, 0.29) is 17.9 Å². The summed E-state index contributed by atoms with van der Waals surface area (Å²) in [6, 6.07) is 0.539. The molecule has 1 aliphatic heterocycles. The van der Waals surface area contributed by atoms with Crippen LogP contribution in [0.1, 0.15) is 58.3 Å². The lowest BCUT2D eigenvalue weighted by molar-refractivity contribution is -0.118. The molecule has 1 unspecified atom stereocenters. The van der Waals surface area contributed by atoms with Gasteiger partial charge in [-0.2, -0.15) is 0 Å². The van der Waals surface area contributed by atoms with Gasteiger partial charge in [0, 0.05) is 25.0 Å². The van der Waals surface area contributed by atoms with Crippen LogP contribution in [0, 0.1) is 0 Å². The van der Waals surface area contributed by atoms with Gasteiger partial charge in [-0.05, 0) is 39.0 Å². The number of carbonyl (C=O) groups excluding carboxylic acids is 2. The number of Topliss-reactive ketones (excluding diaryl/α,β-unsaturated/α-hetero) is 1. The lowest BCUT2D eigenvalue weighted by atomic mass is 9.93. The molecule has 2 rings (SSSR count). The highest BCUT2D eigenvalue weighted by molar-refractivity contribution is 5.79. The van der Waals surface area contributed by atoms with E-state index in [0.717, 1.165) is 38.6 Å². The molecule has 1 aliphatic carbocycles. The summed E-state index contributed by atoms with van der Waals surface area (Å²) >= 11 is 0. The fourth-order valence-electron chi connectivity index (χ4n) is 2.80. The van der Waals surface area contributed by atoms with Crippen molar-refractivity contribution in [2.45, 2.75) is 70.4 Å². The minimum absolute atomic E-state index is 0.0489. The Bertz CT molecular complexity index is 313. The molecular formula is C14H24N2O2. The van der Waals surface area contributed by atoms with E-state index in [0.29, 0.717) is 12.5 Å². The summed E-state index contributed by atoms with van der Waals surface area (Å²) in [6.45, 7) is 2.42. The molecule has 0 spiro atoms. The van der Waals surface area contributed by atoms with E-state index >= 15 is 0 Å². The van der Waals surface area contributed by atoms with E-state index in [2.05, 4.69) is 5.32 Å². The van der Waals surface area contributed by atoms with E-state index < -0.39 is 0 Å². The van der Waals surface area contributed by atoms with E-state index in [9.17, 15) is 9.59 Å². The van der Waals surface area contributed by atoms with Crippen LogP contribution in [0.5, 0.6) is 0 Å². The molecule has 1 saturated carbocycles. The summed E-state index contributed by atoms with van der Waals surface area (Å²) in [5.74, 6) is 0.184. The zero-order valence-corrected chi connectivity index (χ0v) is 11.3. The second-order valence-corrected chi connectivity index (χ2v) is 5.68. The molecule has 18 heavy (non-hydrogen) atoms. The molecule has 4 heteroatoms. The van der Waals surface area contributed by atoms with Gasteiger partial charge in [0.2, 0.25) is 0 Å². The zero-order valence-electron chi connectivity index (χ0n) is 11.3. The predicted octanol–water partition coefficient (Wildman–Crippen LogP) is 2.47. The smallest absolute Gasteiger partial charge is 0.317 e. The Morgan fingerprint density at radius 3 is 2.50 bits per heavy atom. The Labute approximate surface area is 109 Å². The number of amides is 2. The quantitative estimate of drug-likeness (QED) is 0.839. The largest absolute Gasteiger partial charge is 0.335 e. The Balaban J connectivity index is 1.94. The van der Waals surface area contributed by atoms with Crippen molar-refractivity contribution >= 4 is 11.8 Å². The van der Waals surface area contributed by atoms with E-state index in [1.165, 1.54) is 12.8 Å². The third-order valence-corrected chi connectivity index (χ3v) is 4.09. The maximum absolute atomic E-state index is 12.2. The minimum atomic E-state index is 0.0489. The van der Waals surface area contributed by atoms with Crippen LogP contribution in [0.4, 0.5) is 4.79 Å². The third kappa shape index (κ3) is 3.47. The van der Waals surface area contributed by atoms with Crippen molar-refractivity contribution in [2.75, 3.05) is 6.54 Å². The Morgan fingerprint density at radius 2 is 1.89 bits per heavy atom. The molecular weight excluding hydrogens is 228 g/mol. The average Bonchev–Trinajstić information content (AvgIpc) is 2.48. The molecule has 2 fully saturated rings. The summed E-state index contributed by atoms with van der Waals surface area (Å²) in [6.07, 6.45) is 8.28. The lowest BCUT2D eigenvalue weighted by Gasteiger charge is -2.34. The molecule has 4 nitrogen and oxygen atoms in total. The predicted molar refractivity (Wildman–Crippen MR) is 70.4 cm³/mol. The van der Waals surface area contributed by atoms with Crippen LogP contribution in [0.3, 0.4) is 0 Å². The number of nitrogens with zero attached hydrogens (tertiary/aromatic N) is 1. The van der Waals surface area contributed by atoms with Gasteiger partial charge in [-0.25, -0.2) is 4.79 Å². The van der Waals surface area contributed by atoms with Crippen LogP contribution in [-0.2, 0) is 4.79 Å². The normalized spacial score (nSPS) is 25.2. The molecule has 1 atom stereocenters. The van der Waals surface area contributed by atoms with Gasteiger partial charge in [0.25, 0.3) is 0 Å². The monoisotopic (exact) mass is 252 g/mol. The molecule has 1 N–H and O–H groups in total. The SMILES string of the molecule is CC(=O)CC1CCCCCN1C(=O)NC1CCC1. The molecule has 0 radical (unpaired) electrons. The summed E-state index contributed by atoms with van der Waals surface area (Å²) in [5.41, 5.74) is 0. The van der Waals surface area contributed by atoms with E-state index in [1.54, 1.807) is 6.92 Å². The van der Waals surface area contributed by atoms with Crippen molar-refractivity contribution < 1.29 is 9.59 Å². The van der Waals surface area contributed by atoms with Gasteiger partial charge in [-0.1, -0.05) is 12.8 Å². The van der Waals surface area contributed by atoms with Crippen molar-refractivity contribution in [3.8, 4) is 0 Å². The highest BCUT2D eigenvalue weighted by Crippen LogP contribution is 2.22. The first-order chi connectivity index (χ1) is 8.66. The minimum Gasteiger partial charge on any atom is -0.335 e. The first-order valence-corrected chi connectivity index (χ1v) is 7.23. The van der Waals surface area contributed by atoms with Crippen LogP contribution in [0.25, 0.3) is 0 Å². The first-order valence-electron chi connectivity index (χ1n) is 7.23. The molecule has 1 heterocycles. The van der Waals surface area contributed by atoms with Crippen LogP contribution >= 0.6 is 0 Å². The topological polar surface area (TPSA) is 49.4 Å². The molecule has 1 saturated heterocycles. The fraction of sp³-hybridized carbons (Fsp3) is 0.857. The van der Waals surface area contributed by atoms with Crippen molar-refractivity contribution in [1.29, 1.82) is 0 Å². The van der Waals surface area contributed by atoms with Crippen LogP contribution < -0.4 is 5.32 Å². The van der Waals surface area contributed by atoms with Crippen LogP contribution in [0.2, 0.25) is 0 Å². The molecule has 0 aromatic rings. The Morgan fingerprint density at radius 1 is 1.11 bits per heavy atom. The number of hydrogen-bond donors (Lipinski definition) is 1. The Hall–Kier alpha value is -1.06. The first kappa shape index (κ1) is 13.4. The maximum atomic E-state index is 12.2. The van der Waals surface area contributed by atoms with Gasteiger partial charge in [0.1, 0.15) is 5.78 Å². The highest BCUT2D eigenvalue weighted by Gasteiger charge is 2.28. The van der Waals surface area contributed by atoms with Crippen molar-refractivity contribution in [2.24, 2.45) is 0 Å². The highest BCUT2D eigenvalue weighted by atomic mass is 16.2. The van der Waals surface area contributed by atoms with Gasteiger partial charge in [0.15, 0.2) is 0 Å². The van der Waals surface area contributed by atoms with Crippen LogP contribution in [0.15, 0.2) is 0 Å². The van der Waals surface area contributed by atoms with Gasteiger partial charge in [0.05, 0.1) is 0 Å². The number of likely N-dealkylation sites (tertiary alicyclic amines) is 1. The summed E-state index contributed by atoms with van der Waals surface area (Å²) < 4.78 is 0. The van der Waals surface area contributed by atoms with Crippen molar-refractivity contribution in [1.82, 2.24) is 10.2 Å². The number of nitrogens with one attached hydrogen (secondary N) is 1. The number of urea groups is 1. The Kier molecular flexibility index (Phi) is 4.61. The van der Waals surface area contributed by atoms with Gasteiger partial charge in [-0.15, -0.1) is 0 Å². The summed E-state index contributed by atoms with van der Waals surface area (Å²) in [5, 5.41) is 3.09. The average molecular weight is 252 g/mol. The zero-order chi connectivity index (χ0) is 13.0. The number of ketones is 1. The maximum Gasteiger partial charge on any atom is 0.317 e. The fourth-order valence-corrected chi connectivity index (χ4v) is 2.80. The number of carbonyl (C=O) groups is 2. The van der Waals surface area contributed by atoms with Crippen molar-refractivity contribution in [3.05, 3.63) is 0 Å².